The van der Waals surface area contributed by atoms with Crippen LogP contribution in [0.25, 0.3) is 0 Å². The molecule has 2 rings (SSSR count). The largest absolute Gasteiger partial charge is 0.491 e. The van der Waals surface area contributed by atoms with Gasteiger partial charge >= 0.3 is 0 Å². The monoisotopic (exact) mass is 358 g/mol. The van der Waals surface area contributed by atoms with Gasteiger partial charge in [-0.2, -0.15) is 0 Å². The van der Waals surface area contributed by atoms with Crippen LogP contribution in [0.1, 0.15) is 0 Å². The summed E-state index contributed by atoms with van der Waals surface area (Å²) in [6, 6.07) is 5.91. The summed E-state index contributed by atoms with van der Waals surface area (Å²) in [6.45, 7) is -0.234. The van der Waals surface area contributed by atoms with E-state index in [2.05, 4.69) is 10.3 Å². The molecule has 0 aliphatic carbocycles. The maximum atomic E-state index is 13.0. The van der Waals surface area contributed by atoms with Crippen LogP contribution in [0.4, 0.5) is 14.6 Å². The second kappa shape index (κ2) is 7.54. The first-order chi connectivity index (χ1) is 11.3. The predicted octanol–water partition coefficient (Wildman–Crippen LogP) is 1.62. The van der Waals surface area contributed by atoms with Gasteiger partial charge in [0.2, 0.25) is 0 Å². The van der Waals surface area contributed by atoms with Gasteiger partial charge in [0.05, 0.1) is 0 Å². The molecule has 130 valence electrons. The lowest BCUT2D eigenvalue weighted by Gasteiger charge is -2.15. The number of hydrogen-bond donors (Lipinski definition) is 2. The number of nitrogens with one attached hydrogen (secondary N) is 1. The van der Waals surface area contributed by atoms with E-state index >= 15 is 0 Å². The fourth-order valence-corrected chi connectivity index (χ4v) is 2.66. The summed E-state index contributed by atoms with van der Waals surface area (Å²) in [7, 11) is -3.46. The number of halogens is 2. The Kier molecular flexibility index (Phi) is 5.68. The third-order valence-electron chi connectivity index (χ3n) is 3.01. The topological polar surface area (TPSA) is 88.5 Å². The van der Waals surface area contributed by atoms with Crippen molar-refractivity contribution in [3.05, 3.63) is 48.2 Å². The van der Waals surface area contributed by atoms with Crippen molar-refractivity contribution in [2.75, 3.05) is 24.7 Å². The third kappa shape index (κ3) is 4.87. The van der Waals surface area contributed by atoms with Crippen molar-refractivity contribution in [3.8, 4) is 5.75 Å². The van der Waals surface area contributed by atoms with Crippen molar-refractivity contribution >= 4 is 15.7 Å². The van der Waals surface area contributed by atoms with Crippen molar-refractivity contribution in [1.82, 2.24) is 4.98 Å². The molecule has 1 aromatic carbocycles. The van der Waals surface area contributed by atoms with E-state index in [1.807, 2.05) is 0 Å². The molecule has 2 N–H and O–H groups in total. The first-order valence-electron chi connectivity index (χ1n) is 6.92. The van der Waals surface area contributed by atoms with E-state index in [0.29, 0.717) is 0 Å². The van der Waals surface area contributed by atoms with E-state index in [1.165, 1.54) is 24.4 Å². The van der Waals surface area contributed by atoms with E-state index in [-0.39, 0.29) is 29.6 Å². The second-order valence-electron chi connectivity index (χ2n) is 5.04. The quantitative estimate of drug-likeness (QED) is 0.782. The molecule has 1 unspecified atom stereocenters. The molecule has 0 bridgehead atoms. The Bertz CT molecular complexity index is 815. The molecule has 1 aromatic heterocycles. The van der Waals surface area contributed by atoms with Gasteiger partial charge in [-0.3, -0.25) is 0 Å². The summed E-state index contributed by atoms with van der Waals surface area (Å²) in [5.74, 6) is -1.85. The molecule has 6 nitrogen and oxygen atoms in total. The fourth-order valence-electron chi connectivity index (χ4n) is 1.85. The summed E-state index contributed by atoms with van der Waals surface area (Å²) in [6.07, 6.45) is 1.45. The lowest BCUT2D eigenvalue weighted by molar-refractivity contribution is 0.117. The van der Waals surface area contributed by atoms with Crippen molar-refractivity contribution in [1.29, 1.82) is 0 Å². The Morgan fingerprint density at radius 1 is 1.29 bits per heavy atom. The lowest BCUT2D eigenvalue weighted by Crippen LogP contribution is -2.27. The number of rotatable bonds is 7. The predicted molar refractivity (Wildman–Crippen MR) is 83.7 cm³/mol. The zero-order chi connectivity index (χ0) is 17.7. The maximum Gasteiger partial charge on any atom is 0.179 e. The Morgan fingerprint density at radius 2 is 2.04 bits per heavy atom. The minimum atomic E-state index is -3.46. The molecule has 0 fully saturated rings. The molecule has 0 saturated carbocycles. The van der Waals surface area contributed by atoms with E-state index < -0.39 is 27.6 Å². The van der Waals surface area contributed by atoms with Crippen LogP contribution in [-0.4, -0.2) is 44.0 Å². The average Bonchev–Trinajstić information content (AvgIpc) is 2.53. The summed E-state index contributed by atoms with van der Waals surface area (Å²) in [5, 5.41) is 12.6. The number of aromatic nitrogens is 1. The molecule has 0 saturated heterocycles. The molecule has 0 aliphatic heterocycles. The first-order valence-corrected chi connectivity index (χ1v) is 8.81. The van der Waals surface area contributed by atoms with E-state index in [9.17, 15) is 22.3 Å². The number of anilines is 1. The number of sulfone groups is 1. The number of nitrogens with zero attached hydrogens (tertiary/aromatic N) is 1. The number of hydrogen-bond acceptors (Lipinski definition) is 6. The maximum absolute atomic E-state index is 13.0. The van der Waals surface area contributed by atoms with Crippen LogP contribution in [0.15, 0.2) is 41.4 Å². The Hall–Kier alpha value is -2.26. The molecular weight excluding hydrogens is 342 g/mol. The summed E-state index contributed by atoms with van der Waals surface area (Å²) in [4.78, 5) is 3.94. The number of benzene rings is 1. The Balaban J connectivity index is 1.92. The first kappa shape index (κ1) is 18.1. The van der Waals surface area contributed by atoms with Gasteiger partial charge in [-0.1, -0.05) is 0 Å². The van der Waals surface area contributed by atoms with E-state index in [1.54, 1.807) is 0 Å². The normalized spacial score (nSPS) is 12.7. The fraction of sp³-hybridized carbons (Fsp3) is 0.267. The summed E-state index contributed by atoms with van der Waals surface area (Å²) < 4.78 is 54.3. The molecular formula is C15H16F2N2O4S. The van der Waals surface area contributed by atoms with Gasteiger partial charge in [0.25, 0.3) is 0 Å². The molecule has 1 heterocycles. The van der Waals surface area contributed by atoms with Crippen LogP contribution in [0.5, 0.6) is 5.75 Å². The lowest BCUT2D eigenvalue weighted by atomic mass is 10.3. The van der Waals surface area contributed by atoms with Crippen molar-refractivity contribution in [3.63, 3.8) is 0 Å². The molecule has 9 heteroatoms. The van der Waals surface area contributed by atoms with Crippen molar-refractivity contribution in [2.24, 2.45) is 0 Å². The zero-order valence-corrected chi connectivity index (χ0v) is 13.6. The van der Waals surface area contributed by atoms with Crippen LogP contribution >= 0.6 is 0 Å². The highest BCUT2D eigenvalue weighted by molar-refractivity contribution is 7.90. The third-order valence-corrected chi connectivity index (χ3v) is 4.14. The van der Waals surface area contributed by atoms with Crippen molar-refractivity contribution < 1.29 is 27.0 Å². The molecule has 0 amide bonds. The van der Waals surface area contributed by atoms with Crippen LogP contribution in [0, 0.1) is 11.6 Å². The minimum Gasteiger partial charge on any atom is -0.491 e. The van der Waals surface area contributed by atoms with Gasteiger partial charge in [-0.25, -0.2) is 22.2 Å². The van der Waals surface area contributed by atoms with Crippen molar-refractivity contribution in [2.45, 2.75) is 11.0 Å². The standard InChI is InChI=1S/C15H16F2N2O4S/c1-24(21,22)14-3-2-6-18-15(14)19-8-10(20)9-23-11-4-5-12(16)13(17)7-11/h2-7,10,20H,8-9H2,1H3,(H,18,19). The van der Waals surface area contributed by atoms with E-state index in [4.69, 9.17) is 4.74 Å². The second-order valence-corrected chi connectivity index (χ2v) is 7.03. The van der Waals surface area contributed by atoms with Crippen LogP contribution in [0.2, 0.25) is 0 Å². The van der Waals surface area contributed by atoms with Gasteiger partial charge in [0.1, 0.15) is 29.2 Å². The van der Waals surface area contributed by atoms with Crippen LogP contribution in [-0.2, 0) is 9.84 Å². The molecule has 0 radical (unpaired) electrons. The van der Waals surface area contributed by atoms with Gasteiger partial charge in [-0.05, 0) is 24.3 Å². The number of pyridine rings is 1. The van der Waals surface area contributed by atoms with Crippen LogP contribution in [0.3, 0.4) is 0 Å². The van der Waals surface area contributed by atoms with Gasteiger partial charge in [0.15, 0.2) is 21.5 Å². The Morgan fingerprint density at radius 3 is 2.71 bits per heavy atom. The number of ether oxygens (including phenoxy) is 1. The van der Waals surface area contributed by atoms with Crippen LogP contribution < -0.4 is 10.1 Å². The number of aliphatic hydroxyl groups is 1. The van der Waals surface area contributed by atoms with E-state index in [0.717, 1.165) is 18.4 Å². The summed E-state index contributed by atoms with van der Waals surface area (Å²) in [5.41, 5.74) is 0. The van der Waals surface area contributed by atoms with Gasteiger partial charge in [-0.15, -0.1) is 0 Å². The molecule has 0 spiro atoms. The smallest absolute Gasteiger partial charge is 0.179 e. The number of aliphatic hydroxyl groups excluding tert-OH is 1. The SMILES string of the molecule is CS(=O)(=O)c1cccnc1NCC(O)COc1ccc(F)c(F)c1. The highest BCUT2D eigenvalue weighted by Crippen LogP contribution is 2.18. The highest BCUT2D eigenvalue weighted by atomic mass is 32.2. The average molecular weight is 358 g/mol. The minimum absolute atomic E-state index is 0.0127. The molecule has 24 heavy (non-hydrogen) atoms. The van der Waals surface area contributed by atoms with Gasteiger partial charge < -0.3 is 15.2 Å². The van der Waals surface area contributed by atoms with Gasteiger partial charge in [0, 0.05) is 25.1 Å². The molecule has 2 aromatic rings. The molecule has 1 atom stereocenters. The highest BCUT2D eigenvalue weighted by Gasteiger charge is 2.15. The molecule has 0 aliphatic rings. The Labute approximate surface area is 138 Å². The summed E-state index contributed by atoms with van der Waals surface area (Å²) >= 11 is 0. The zero-order valence-electron chi connectivity index (χ0n) is 12.7.